The zero-order chi connectivity index (χ0) is 18.0. The molecule has 1 amide bonds. The van der Waals surface area contributed by atoms with Gasteiger partial charge in [-0.05, 0) is 37.5 Å². The van der Waals surface area contributed by atoms with E-state index in [-0.39, 0.29) is 17.7 Å². The van der Waals surface area contributed by atoms with Crippen molar-refractivity contribution in [1.82, 2.24) is 24.5 Å². The van der Waals surface area contributed by atoms with Gasteiger partial charge in [0.05, 0.1) is 31.2 Å². The van der Waals surface area contributed by atoms with Crippen molar-refractivity contribution >= 4 is 5.91 Å². The Bertz CT molecular complexity index is 725. The molecule has 0 spiro atoms. The fourth-order valence-electron chi connectivity index (χ4n) is 3.65. The van der Waals surface area contributed by atoms with Gasteiger partial charge in [-0.25, -0.2) is 4.98 Å². The minimum atomic E-state index is -0.187. The van der Waals surface area contributed by atoms with Gasteiger partial charge in [0.1, 0.15) is 0 Å². The smallest absolute Gasteiger partial charge is 0.292 e. The number of nitrogens with zero attached hydrogens (tertiary/aromatic N) is 5. The van der Waals surface area contributed by atoms with E-state index in [0.717, 1.165) is 19.4 Å². The normalized spacial score (nSPS) is 21.3. The molecule has 0 N–H and O–H groups in total. The lowest BCUT2D eigenvalue weighted by Crippen LogP contribution is -2.43. The van der Waals surface area contributed by atoms with E-state index < -0.39 is 0 Å². The number of carbonyl (C=O) groups excluding carboxylic acids is 1. The number of ether oxygens (including phenoxy) is 1. The zero-order valence-corrected chi connectivity index (χ0v) is 15.2. The number of aromatic nitrogens is 3. The number of aryl methyl sites for hydroxylation is 1. The highest BCUT2D eigenvalue weighted by Crippen LogP contribution is 2.35. The number of piperidine rings is 1. The van der Waals surface area contributed by atoms with E-state index in [9.17, 15) is 4.79 Å². The maximum Gasteiger partial charge on any atom is 0.292 e. The standard InChI is InChI=1S/C17H25N5O3/c1-20-7-5-6-12(16(20)13-9-18-11-22(13)3)10-21(2)17(23)14-8-15(24-4)19-25-14/h8-9,11-12,16H,5-7,10H2,1-4H3/t12-,16+/m0/s1. The highest BCUT2D eigenvalue weighted by Gasteiger charge is 2.34. The molecule has 0 radical (unpaired) electrons. The van der Waals surface area contributed by atoms with Gasteiger partial charge < -0.3 is 18.7 Å². The summed E-state index contributed by atoms with van der Waals surface area (Å²) in [5.41, 5.74) is 1.18. The predicted octanol–water partition coefficient (Wildman–Crippen LogP) is 1.57. The van der Waals surface area contributed by atoms with Crippen LogP contribution in [0.2, 0.25) is 0 Å². The molecule has 1 saturated heterocycles. The van der Waals surface area contributed by atoms with Crippen molar-refractivity contribution in [1.29, 1.82) is 0 Å². The molecule has 2 atom stereocenters. The molecule has 1 aliphatic heterocycles. The Morgan fingerprint density at radius 1 is 1.48 bits per heavy atom. The lowest BCUT2D eigenvalue weighted by molar-refractivity contribution is 0.0599. The first kappa shape index (κ1) is 17.5. The van der Waals surface area contributed by atoms with E-state index >= 15 is 0 Å². The van der Waals surface area contributed by atoms with Gasteiger partial charge in [0.25, 0.3) is 11.8 Å². The second-order valence-corrected chi connectivity index (χ2v) is 6.68. The Morgan fingerprint density at radius 2 is 2.28 bits per heavy atom. The quantitative estimate of drug-likeness (QED) is 0.817. The average Bonchev–Trinajstić information content (AvgIpc) is 3.23. The summed E-state index contributed by atoms with van der Waals surface area (Å²) in [6, 6.07) is 1.76. The van der Waals surface area contributed by atoms with Crippen LogP contribution in [-0.2, 0) is 7.05 Å². The van der Waals surface area contributed by atoms with Crippen LogP contribution in [0.15, 0.2) is 23.1 Å². The summed E-state index contributed by atoms with van der Waals surface area (Å²) < 4.78 is 12.1. The molecule has 0 aliphatic carbocycles. The molecule has 8 heteroatoms. The van der Waals surface area contributed by atoms with Crippen LogP contribution in [-0.4, -0.2) is 64.7 Å². The van der Waals surface area contributed by atoms with Crippen molar-refractivity contribution in [3.63, 3.8) is 0 Å². The molecule has 136 valence electrons. The number of amides is 1. The summed E-state index contributed by atoms with van der Waals surface area (Å²) in [5.74, 6) is 0.642. The van der Waals surface area contributed by atoms with Gasteiger partial charge in [0.2, 0.25) is 5.76 Å². The summed E-state index contributed by atoms with van der Waals surface area (Å²) in [6.07, 6.45) is 5.93. The SMILES string of the molecule is COc1cc(C(=O)N(C)C[C@@H]2CCCN(C)[C@H]2c2cncn2C)on1. The Balaban J connectivity index is 1.74. The number of imidazole rings is 1. The first-order valence-corrected chi connectivity index (χ1v) is 8.44. The number of hydrogen-bond acceptors (Lipinski definition) is 6. The van der Waals surface area contributed by atoms with Crippen LogP contribution >= 0.6 is 0 Å². The van der Waals surface area contributed by atoms with Crippen molar-refractivity contribution in [2.24, 2.45) is 13.0 Å². The van der Waals surface area contributed by atoms with Crippen LogP contribution in [0.4, 0.5) is 0 Å². The Labute approximate surface area is 147 Å². The van der Waals surface area contributed by atoms with Crippen molar-refractivity contribution < 1.29 is 14.1 Å². The minimum absolute atomic E-state index is 0.187. The van der Waals surface area contributed by atoms with Gasteiger partial charge >= 0.3 is 0 Å². The van der Waals surface area contributed by atoms with E-state index in [1.807, 2.05) is 19.6 Å². The van der Waals surface area contributed by atoms with Crippen LogP contribution in [0, 0.1) is 5.92 Å². The lowest BCUT2D eigenvalue weighted by Gasteiger charge is -2.40. The zero-order valence-electron chi connectivity index (χ0n) is 15.2. The fourth-order valence-corrected chi connectivity index (χ4v) is 3.65. The minimum Gasteiger partial charge on any atom is -0.479 e. The number of likely N-dealkylation sites (tertiary alicyclic amines) is 1. The van der Waals surface area contributed by atoms with Crippen LogP contribution in [0.1, 0.15) is 35.1 Å². The maximum absolute atomic E-state index is 12.6. The van der Waals surface area contributed by atoms with E-state index in [0.29, 0.717) is 18.3 Å². The highest BCUT2D eigenvalue weighted by molar-refractivity contribution is 5.91. The molecule has 1 aliphatic rings. The van der Waals surface area contributed by atoms with E-state index in [2.05, 4.69) is 26.7 Å². The Kier molecular flexibility index (Phi) is 5.08. The largest absolute Gasteiger partial charge is 0.479 e. The third-order valence-electron chi connectivity index (χ3n) is 4.93. The summed E-state index contributed by atoms with van der Waals surface area (Å²) in [7, 11) is 7.43. The second-order valence-electron chi connectivity index (χ2n) is 6.68. The van der Waals surface area contributed by atoms with Gasteiger partial charge in [-0.15, -0.1) is 0 Å². The van der Waals surface area contributed by atoms with E-state index in [1.54, 1.807) is 11.9 Å². The first-order chi connectivity index (χ1) is 12.0. The second kappa shape index (κ2) is 7.26. The van der Waals surface area contributed by atoms with Crippen molar-refractivity contribution in [2.75, 3.05) is 34.3 Å². The highest BCUT2D eigenvalue weighted by atomic mass is 16.5. The van der Waals surface area contributed by atoms with Gasteiger partial charge in [0.15, 0.2) is 0 Å². The molecule has 2 aromatic heterocycles. The molecule has 3 rings (SSSR count). The van der Waals surface area contributed by atoms with Gasteiger partial charge in [-0.1, -0.05) is 0 Å². The van der Waals surface area contributed by atoms with E-state index in [1.165, 1.54) is 18.9 Å². The van der Waals surface area contributed by atoms with Crippen LogP contribution in [0.3, 0.4) is 0 Å². The Morgan fingerprint density at radius 3 is 2.92 bits per heavy atom. The van der Waals surface area contributed by atoms with Crippen molar-refractivity contribution in [3.05, 3.63) is 30.0 Å². The van der Waals surface area contributed by atoms with Crippen LogP contribution in [0.5, 0.6) is 5.88 Å². The molecular weight excluding hydrogens is 322 g/mol. The number of hydrogen-bond donors (Lipinski definition) is 0. The van der Waals surface area contributed by atoms with Crippen LogP contribution < -0.4 is 4.74 Å². The summed E-state index contributed by atoms with van der Waals surface area (Å²) >= 11 is 0. The molecular formula is C17H25N5O3. The topological polar surface area (TPSA) is 76.6 Å². The number of rotatable bonds is 5. The number of methoxy groups -OCH3 is 1. The molecule has 2 aromatic rings. The van der Waals surface area contributed by atoms with Crippen LogP contribution in [0.25, 0.3) is 0 Å². The van der Waals surface area contributed by atoms with Gasteiger partial charge in [-0.2, -0.15) is 0 Å². The number of carbonyl (C=O) groups is 1. The van der Waals surface area contributed by atoms with Crippen molar-refractivity contribution in [3.8, 4) is 5.88 Å². The molecule has 25 heavy (non-hydrogen) atoms. The fraction of sp³-hybridized carbons (Fsp3) is 0.588. The molecule has 0 bridgehead atoms. The molecule has 3 heterocycles. The molecule has 8 nitrogen and oxygen atoms in total. The predicted molar refractivity (Wildman–Crippen MR) is 91.3 cm³/mol. The summed E-state index contributed by atoms with van der Waals surface area (Å²) in [5, 5.41) is 3.70. The summed E-state index contributed by atoms with van der Waals surface area (Å²) in [4.78, 5) is 20.9. The lowest BCUT2D eigenvalue weighted by atomic mass is 9.87. The van der Waals surface area contributed by atoms with E-state index in [4.69, 9.17) is 9.26 Å². The monoisotopic (exact) mass is 347 g/mol. The molecule has 1 fully saturated rings. The van der Waals surface area contributed by atoms with Gasteiger partial charge in [-0.3, -0.25) is 9.69 Å². The Hall–Kier alpha value is -2.35. The third kappa shape index (κ3) is 3.53. The average molecular weight is 347 g/mol. The summed E-state index contributed by atoms with van der Waals surface area (Å²) in [6.45, 7) is 1.69. The third-order valence-corrected chi connectivity index (χ3v) is 4.93. The first-order valence-electron chi connectivity index (χ1n) is 8.44. The van der Waals surface area contributed by atoms with Gasteiger partial charge in [0, 0.05) is 26.8 Å². The molecule has 0 aromatic carbocycles. The molecule has 0 saturated carbocycles. The van der Waals surface area contributed by atoms with Crippen molar-refractivity contribution in [2.45, 2.75) is 18.9 Å². The maximum atomic E-state index is 12.6. The molecule has 0 unspecified atom stereocenters.